The molecule has 104 valence electrons. The van der Waals surface area contributed by atoms with Crippen molar-refractivity contribution >= 4 is 5.91 Å². The third-order valence-electron chi connectivity index (χ3n) is 3.68. The molecule has 2 N–H and O–H groups in total. The summed E-state index contributed by atoms with van der Waals surface area (Å²) in [5.41, 5.74) is 6.79. The second kappa shape index (κ2) is 7.26. The molecule has 1 aliphatic rings. The van der Waals surface area contributed by atoms with Crippen LogP contribution in [0.4, 0.5) is 0 Å². The summed E-state index contributed by atoms with van der Waals surface area (Å²) in [7, 11) is 0. The third kappa shape index (κ3) is 4.33. The van der Waals surface area contributed by atoms with Gasteiger partial charge in [-0.15, -0.1) is 0 Å². The quantitative estimate of drug-likeness (QED) is 0.869. The molecule has 0 bridgehead atoms. The lowest BCUT2D eigenvalue weighted by molar-refractivity contribution is -0.129. The zero-order valence-electron chi connectivity index (χ0n) is 11.4. The fourth-order valence-electron chi connectivity index (χ4n) is 2.50. The molecule has 2 rings (SSSR count). The first-order chi connectivity index (χ1) is 9.29. The van der Waals surface area contributed by atoms with Gasteiger partial charge in [-0.2, -0.15) is 0 Å². The van der Waals surface area contributed by atoms with Crippen LogP contribution in [-0.4, -0.2) is 55.0 Å². The molecule has 1 aromatic rings. The molecule has 4 heteroatoms. The molecule has 19 heavy (non-hydrogen) atoms. The average molecular weight is 261 g/mol. The van der Waals surface area contributed by atoms with Gasteiger partial charge < -0.3 is 15.5 Å². The minimum atomic E-state index is 0.0740. The van der Waals surface area contributed by atoms with Crippen LogP contribution in [0.1, 0.15) is 12.0 Å². The van der Waals surface area contributed by atoms with Crippen LogP contribution in [0.5, 0.6) is 0 Å². The normalized spacial score (nSPS) is 17.2. The predicted molar refractivity (Wildman–Crippen MR) is 76.8 cm³/mol. The summed E-state index contributed by atoms with van der Waals surface area (Å²) in [4.78, 5) is 15.9. The van der Waals surface area contributed by atoms with E-state index in [4.69, 9.17) is 5.73 Å². The molecule has 0 aliphatic carbocycles. The Morgan fingerprint density at radius 2 is 1.89 bits per heavy atom. The SMILES string of the molecule is NCC(=O)N1CCCN(CCc2ccccc2)CC1. The van der Waals surface area contributed by atoms with Crippen LogP contribution < -0.4 is 5.73 Å². The summed E-state index contributed by atoms with van der Waals surface area (Å²) in [6.07, 6.45) is 2.12. The van der Waals surface area contributed by atoms with Crippen molar-refractivity contribution < 1.29 is 4.79 Å². The second-order valence-electron chi connectivity index (χ2n) is 5.02. The molecular formula is C15H23N3O. The number of hydrogen-bond donors (Lipinski definition) is 1. The molecule has 0 spiro atoms. The summed E-state index contributed by atoms with van der Waals surface area (Å²) in [6.45, 7) is 4.88. The fraction of sp³-hybridized carbons (Fsp3) is 0.533. The van der Waals surface area contributed by atoms with Crippen molar-refractivity contribution in [2.24, 2.45) is 5.73 Å². The fourth-order valence-corrected chi connectivity index (χ4v) is 2.50. The van der Waals surface area contributed by atoms with Crippen LogP contribution in [0.25, 0.3) is 0 Å². The molecule has 0 unspecified atom stereocenters. The lowest BCUT2D eigenvalue weighted by Gasteiger charge is -2.21. The number of benzene rings is 1. The van der Waals surface area contributed by atoms with Crippen molar-refractivity contribution in [3.8, 4) is 0 Å². The second-order valence-corrected chi connectivity index (χ2v) is 5.02. The zero-order valence-corrected chi connectivity index (χ0v) is 11.4. The molecule has 1 heterocycles. The average Bonchev–Trinajstić information content (AvgIpc) is 2.71. The molecule has 1 aliphatic heterocycles. The van der Waals surface area contributed by atoms with Crippen molar-refractivity contribution in [3.05, 3.63) is 35.9 Å². The number of rotatable bonds is 4. The van der Waals surface area contributed by atoms with Gasteiger partial charge >= 0.3 is 0 Å². The number of nitrogens with zero attached hydrogens (tertiary/aromatic N) is 2. The van der Waals surface area contributed by atoms with E-state index in [-0.39, 0.29) is 12.5 Å². The molecule has 1 fully saturated rings. The Labute approximate surface area is 115 Å². The highest BCUT2D eigenvalue weighted by Crippen LogP contribution is 2.06. The first kappa shape index (κ1) is 14.0. The Morgan fingerprint density at radius 3 is 2.63 bits per heavy atom. The maximum atomic E-state index is 11.6. The largest absolute Gasteiger partial charge is 0.340 e. The molecule has 1 saturated heterocycles. The molecular weight excluding hydrogens is 238 g/mol. The van der Waals surface area contributed by atoms with Gasteiger partial charge in [0.1, 0.15) is 0 Å². The molecule has 4 nitrogen and oxygen atoms in total. The Bertz CT molecular complexity index is 394. The maximum Gasteiger partial charge on any atom is 0.236 e. The number of amides is 1. The third-order valence-corrected chi connectivity index (χ3v) is 3.68. The standard InChI is InChI=1S/C15H23N3O/c16-13-15(19)18-9-4-8-17(11-12-18)10-7-14-5-2-1-3-6-14/h1-3,5-6H,4,7-13,16H2. The van der Waals surface area contributed by atoms with Crippen molar-refractivity contribution in [2.45, 2.75) is 12.8 Å². The van der Waals surface area contributed by atoms with E-state index in [0.29, 0.717) is 0 Å². The highest BCUT2D eigenvalue weighted by atomic mass is 16.2. The van der Waals surface area contributed by atoms with Crippen LogP contribution in [0.3, 0.4) is 0 Å². The van der Waals surface area contributed by atoms with Crippen LogP contribution in [0, 0.1) is 0 Å². The van der Waals surface area contributed by atoms with E-state index in [1.165, 1.54) is 5.56 Å². The Morgan fingerprint density at radius 1 is 1.11 bits per heavy atom. The van der Waals surface area contributed by atoms with E-state index in [2.05, 4.69) is 29.2 Å². The van der Waals surface area contributed by atoms with Crippen molar-refractivity contribution in [1.82, 2.24) is 9.80 Å². The molecule has 0 radical (unpaired) electrons. The summed E-state index contributed by atoms with van der Waals surface area (Å²) in [6, 6.07) is 10.6. The van der Waals surface area contributed by atoms with Gasteiger partial charge in [-0.05, 0) is 24.9 Å². The Hall–Kier alpha value is -1.39. The van der Waals surface area contributed by atoms with Gasteiger partial charge in [-0.25, -0.2) is 0 Å². The highest BCUT2D eigenvalue weighted by Gasteiger charge is 2.17. The Kier molecular flexibility index (Phi) is 5.36. The number of carbonyl (C=O) groups excluding carboxylic acids is 1. The van der Waals surface area contributed by atoms with Gasteiger partial charge in [-0.3, -0.25) is 4.79 Å². The van der Waals surface area contributed by atoms with Crippen LogP contribution in [0.15, 0.2) is 30.3 Å². The first-order valence-electron chi connectivity index (χ1n) is 7.03. The predicted octanol–water partition coefficient (Wildman–Crippen LogP) is 0.722. The van der Waals surface area contributed by atoms with Crippen LogP contribution >= 0.6 is 0 Å². The van der Waals surface area contributed by atoms with Crippen molar-refractivity contribution in [2.75, 3.05) is 39.3 Å². The summed E-state index contributed by atoms with van der Waals surface area (Å²) in [5.74, 6) is 0.0740. The molecule has 1 amide bonds. The van der Waals surface area contributed by atoms with Crippen molar-refractivity contribution in [3.63, 3.8) is 0 Å². The van der Waals surface area contributed by atoms with Gasteiger partial charge in [0, 0.05) is 26.2 Å². The van der Waals surface area contributed by atoms with Crippen LogP contribution in [-0.2, 0) is 11.2 Å². The topological polar surface area (TPSA) is 49.6 Å². The molecule has 1 aromatic carbocycles. The minimum Gasteiger partial charge on any atom is -0.340 e. The van der Waals surface area contributed by atoms with Crippen LogP contribution in [0.2, 0.25) is 0 Å². The van der Waals surface area contributed by atoms with Gasteiger partial charge in [0.05, 0.1) is 6.54 Å². The molecule has 0 saturated carbocycles. The zero-order chi connectivity index (χ0) is 13.5. The van der Waals surface area contributed by atoms with E-state index in [1.54, 1.807) is 0 Å². The summed E-state index contributed by atoms with van der Waals surface area (Å²) >= 11 is 0. The molecule has 0 aromatic heterocycles. The van der Waals surface area contributed by atoms with Crippen molar-refractivity contribution in [1.29, 1.82) is 0 Å². The Balaban J connectivity index is 1.78. The smallest absolute Gasteiger partial charge is 0.236 e. The summed E-state index contributed by atoms with van der Waals surface area (Å²) < 4.78 is 0. The van der Waals surface area contributed by atoms with Gasteiger partial charge in [0.15, 0.2) is 0 Å². The minimum absolute atomic E-state index is 0.0740. The maximum absolute atomic E-state index is 11.6. The van der Waals surface area contributed by atoms with E-state index < -0.39 is 0 Å². The van der Waals surface area contributed by atoms with Gasteiger partial charge in [-0.1, -0.05) is 30.3 Å². The van der Waals surface area contributed by atoms with Gasteiger partial charge in [0.2, 0.25) is 5.91 Å². The van der Waals surface area contributed by atoms with E-state index in [0.717, 1.165) is 45.6 Å². The highest BCUT2D eigenvalue weighted by molar-refractivity contribution is 5.78. The van der Waals surface area contributed by atoms with Gasteiger partial charge in [0.25, 0.3) is 0 Å². The van der Waals surface area contributed by atoms with E-state index in [9.17, 15) is 4.79 Å². The summed E-state index contributed by atoms with van der Waals surface area (Å²) in [5, 5.41) is 0. The number of hydrogen-bond acceptors (Lipinski definition) is 3. The monoisotopic (exact) mass is 261 g/mol. The van der Waals surface area contributed by atoms with E-state index in [1.807, 2.05) is 11.0 Å². The molecule has 0 atom stereocenters. The lowest BCUT2D eigenvalue weighted by Crippen LogP contribution is -2.39. The lowest BCUT2D eigenvalue weighted by atomic mass is 10.1. The number of nitrogens with two attached hydrogens (primary N) is 1. The number of carbonyl (C=O) groups is 1. The van der Waals surface area contributed by atoms with E-state index >= 15 is 0 Å². The first-order valence-corrected chi connectivity index (χ1v) is 7.03.